The molecule has 19 heavy (non-hydrogen) atoms. The van der Waals surface area contributed by atoms with Crippen LogP contribution in [0.1, 0.15) is 46.5 Å². The smallest absolute Gasteiger partial charge is 0.407 e. The van der Waals surface area contributed by atoms with Crippen molar-refractivity contribution in [2.75, 3.05) is 19.0 Å². The van der Waals surface area contributed by atoms with E-state index in [0.717, 1.165) is 25.7 Å². The SMILES string of the molecule is CC(C)(C)N(CCCCCCNC(=O)CCl)C(=O)O. The fourth-order valence-electron chi connectivity index (χ4n) is 1.74. The lowest BCUT2D eigenvalue weighted by Crippen LogP contribution is -2.45. The molecule has 5 nitrogen and oxygen atoms in total. The summed E-state index contributed by atoms with van der Waals surface area (Å²) in [5.74, 6) is -0.148. The van der Waals surface area contributed by atoms with Gasteiger partial charge in [-0.2, -0.15) is 0 Å². The highest BCUT2D eigenvalue weighted by atomic mass is 35.5. The molecule has 0 aliphatic heterocycles. The average Bonchev–Trinajstić information content (AvgIpc) is 2.29. The van der Waals surface area contributed by atoms with Gasteiger partial charge < -0.3 is 15.3 Å². The van der Waals surface area contributed by atoms with Crippen molar-refractivity contribution < 1.29 is 14.7 Å². The summed E-state index contributed by atoms with van der Waals surface area (Å²) in [4.78, 5) is 23.4. The molecule has 0 radical (unpaired) electrons. The van der Waals surface area contributed by atoms with E-state index < -0.39 is 6.09 Å². The quantitative estimate of drug-likeness (QED) is 0.534. The molecule has 0 bridgehead atoms. The predicted molar refractivity (Wildman–Crippen MR) is 76.7 cm³/mol. The number of hydrogen-bond acceptors (Lipinski definition) is 2. The normalized spacial score (nSPS) is 11.2. The van der Waals surface area contributed by atoms with E-state index in [1.807, 2.05) is 20.8 Å². The van der Waals surface area contributed by atoms with Gasteiger partial charge in [0.25, 0.3) is 0 Å². The Bertz CT molecular complexity index is 290. The van der Waals surface area contributed by atoms with E-state index in [9.17, 15) is 9.59 Å². The number of carbonyl (C=O) groups is 2. The van der Waals surface area contributed by atoms with Crippen LogP contribution in [0.5, 0.6) is 0 Å². The second kappa shape index (κ2) is 9.02. The highest BCUT2D eigenvalue weighted by molar-refractivity contribution is 6.27. The van der Waals surface area contributed by atoms with Gasteiger partial charge in [0.05, 0.1) is 0 Å². The minimum Gasteiger partial charge on any atom is -0.465 e. The van der Waals surface area contributed by atoms with Crippen LogP contribution < -0.4 is 5.32 Å². The molecule has 0 atom stereocenters. The number of nitrogens with zero attached hydrogens (tertiary/aromatic N) is 1. The van der Waals surface area contributed by atoms with Gasteiger partial charge in [0.2, 0.25) is 5.91 Å². The Labute approximate surface area is 120 Å². The Morgan fingerprint density at radius 3 is 2.21 bits per heavy atom. The van der Waals surface area contributed by atoms with Crippen molar-refractivity contribution >= 4 is 23.6 Å². The summed E-state index contributed by atoms with van der Waals surface area (Å²) in [5, 5.41) is 11.8. The zero-order valence-corrected chi connectivity index (χ0v) is 12.8. The van der Waals surface area contributed by atoms with Crippen molar-refractivity contribution in [3.05, 3.63) is 0 Å². The third-order valence-electron chi connectivity index (χ3n) is 2.79. The number of carboxylic acid groups (broad SMARTS) is 1. The number of rotatable bonds is 8. The molecule has 0 heterocycles. The van der Waals surface area contributed by atoms with E-state index in [1.165, 1.54) is 4.90 Å². The molecule has 0 aliphatic carbocycles. The first-order valence-corrected chi connectivity index (χ1v) is 7.15. The summed E-state index contributed by atoms with van der Waals surface area (Å²) in [7, 11) is 0. The maximum atomic E-state index is 11.1. The topological polar surface area (TPSA) is 69.6 Å². The number of alkyl halides is 1. The summed E-state index contributed by atoms with van der Waals surface area (Å²) in [6.45, 7) is 6.86. The predicted octanol–water partition coefficient (Wildman–Crippen LogP) is 2.68. The molecule has 6 heteroatoms. The molecule has 0 saturated heterocycles. The lowest BCUT2D eigenvalue weighted by atomic mass is 10.1. The Kier molecular flexibility index (Phi) is 8.56. The minimum absolute atomic E-state index is 0.000839. The van der Waals surface area contributed by atoms with E-state index in [1.54, 1.807) is 0 Å². The van der Waals surface area contributed by atoms with Gasteiger partial charge in [0.1, 0.15) is 5.88 Å². The van der Waals surface area contributed by atoms with Gasteiger partial charge in [0, 0.05) is 18.6 Å². The minimum atomic E-state index is -0.873. The number of carbonyl (C=O) groups excluding carboxylic acids is 1. The van der Waals surface area contributed by atoms with Crippen molar-refractivity contribution in [1.82, 2.24) is 10.2 Å². The fourth-order valence-corrected chi connectivity index (χ4v) is 1.84. The molecule has 0 unspecified atom stereocenters. The molecule has 112 valence electrons. The Morgan fingerprint density at radius 1 is 1.16 bits per heavy atom. The van der Waals surface area contributed by atoms with E-state index in [0.29, 0.717) is 13.1 Å². The largest absolute Gasteiger partial charge is 0.465 e. The molecule has 0 aromatic heterocycles. The van der Waals surface area contributed by atoms with Crippen LogP contribution in [0.2, 0.25) is 0 Å². The standard InChI is InChI=1S/C13H25ClN2O3/c1-13(2,3)16(12(18)19)9-7-5-4-6-8-15-11(17)10-14/h4-10H2,1-3H3,(H,15,17)(H,18,19). The van der Waals surface area contributed by atoms with Crippen molar-refractivity contribution in [2.24, 2.45) is 0 Å². The first kappa shape index (κ1) is 18.0. The van der Waals surface area contributed by atoms with Gasteiger partial charge >= 0.3 is 6.09 Å². The average molecular weight is 293 g/mol. The third kappa shape index (κ3) is 8.70. The van der Waals surface area contributed by atoms with Gasteiger partial charge in [-0.15, -0.1) is 11.6 Å². The first-order chi connectivity index (χ1) is 8.79. The molecule has 0 aromatic carbocycles. The lowest BCUT2D eigenvalue weighted by Gasteiger charge is -2.33. The molecular formula is C13H25ClN2O3. The van der Waals surface area contributed by atoms with Crippen molar-refractivity contribution in [2.45, 2.75) is 52.0 Å². The number of unbranched alkanes of at least 4 members (excludes halogenated alkanes) is 3. The summed E-state index contributed by atoms with van der Waals surface area (Å²) in [6, 6.07) is 0. The Balaban J connectivity index is 3.68. The van der Waals surface area contributed by atoms with Crippen molar-refractivity contribution in [3.8, 4) is 0 Å². The van der Waals surface area contributed by atoms with Crippen LogP contribution in [0.25, 0.3) is 0 Å². The van der Waals surface area contributed by atoms with E-state index in [2.05, 4.69) is 5.32 Å². The number of hydrogen-bond donors (Lipinski definition) is 2. The monoisotopic (exact) mass is 292 g/mol. The van der Waals surface area contributed by atoms with Gasteiger partial charge in [-0.1, -0.05) is 12.8 Å². The maximum Gasteiger partial charge on any atom is 0.407 e. The zero-order chi connectivity index (χ0) is 14.9. The van der Waals surface area contributed by atoms with Crippen LogP contribution in [0.15, 0.2) is 0 Å². The van der Waals surface area contributed by atoms with Crippen LogP contribution in [0.3, 0.4) is 0 Å². The summed E-state index contributed by atoms with van der Waals surface area (Å²) >= 11 is 5.35. The van der Waals surface area contributed by atoms with Gasteiger partial charge in [0.15, 0.2) is 0 Å². The lowest BCUT2D eigenvalue weighted by molar-refractivity contribution is -0.118. The summed E-state index contributed by atoms with van der Waals surface area (Å²) in [5.41, 5.74) is -0.361. The van der Waals surface area contributed by atoms with Crippen LogP contribution in [-0.4, -0.2) is 46.5 Å². The zero-order valence-electron chi connectivity index (χ0n) is 12.0. The van der Waals surface area contributed by atoms with Gasteiger partial charge in [-0.25, -0.2) is 4.79 Å². The van der Waals surface area contributed by atoms with Crippen LogP contribution in [0, 0.1) is 0 Å². The number of nitrogens with one attached hydrogen (secondary N) is 1. The highest BCUT2D eigenvalue weighted by Gasteiger charge is 2.24. The summed E-state index contributed by atoms with van der Waals surface area (Å²) in [6.07, 6.45) is 2.79. The van der Waals surface area contributed by atoms with E-state index in [-0.39, 0.29) is 17.3 Å². The Hall–Kier alpha value is -0.970. The molecule has 0 aliphatic rings. The summed E-state index contributed by atoms with van der Waals surface area (Å²) < 4.78 is 0. The molecule has 0 aromatic rings. The molecule has 0 fully saturated rings. The van der Waals surface area contributed by atoms with Crippen molar-refractivity contribution in [3.63, 3.8) is 0 Å². The molecule has 0 rings (SSSR count). The second-order valence-electron chi connectivity index (χ2n) is 5.50. The van der Waals surface area contributed by atoms with Gasteiger partial charge in [-0.05, 0) is 33.6 Å². The second-order valence-corrected chi connectivity index (χ2v) is 5.77. The van der Waals surface area contributed by atoms with Crippen LogP contribution in [-0.2, 0) is 4.79 Å². The first-order valence-electron chi connectivity index (χ1n) is 6.62. The number of amides is 2. The fraction of sp³-hybridized carbons (Fsp3) is 0.846. The molecule has 0 saturated carbocycles. The van der Waals surface area contributed by atoms with Crippen LogP contribution in [0.4, 0.5) is 4.79 Å². The molecule has 2 amide bonds. The highest BCUT2D eigenvalue weighted by Crippen LogP contribution is 2.14. The molecular weight excluding hydrogens is 268 g/mol. The van der Waals surface area contributed by atoms with E-state index >= 15 is 0 Å². The molecule has 0 spiro atoms. The van der Waals surface area contributed by atoms with Crippen molar-refractivity contribution in [1.29, 1.82) is 0 Å². The molecule has 2 N–H and O–H groups in total. The number of halogens is 1. The van der Waals surface area contributed by atoms with E-state index in [4.69, 9.17) is 16.7 Å². The van der Waals surface area contributed by atoms with Gasteiger partial charge in [-0.3, -0.25) is 4.79 Å². The third-order valence-corrected chi connectivity index (χ3v) is 3.04. The van der Waals surface area contributed by atoms with Crippen LogP contribution >= 0.6 is 11.6 Å². The maximum absolute atomic E-state index is 11.1. The Morgan fingerprint density at radius 2 is 1.74 bits per heavy atom.